The van der Waals surface area contributed by atoms with Crippen molar-refractivity contribution in [3.05, 3.63) is 72.2 Å². The van der Waals surface area contributed by atoms with E-state index in [0.29, 0.717) is 24.4 Å². The third kappa shape index (κ3) is 4.04. The molecule has 0 spiro atoms. The molecule has 4 rings (SSSR count). The Balaban J connectivity index is 1.39. The topological polar surface area (TPSA) is 62.2 Å². The molecule has 0 aliphatic heterocycles. The minimum absolute atomic E-state index is 0.0498. The molecule has 4 nitrogen and oxygen atoms in total. The summed E-state index contributed by atoms with van der Waals surface area (Å²) in [6.45, 7) is 0. The standard InChI is InChI=1S/C23H23FN2O2/c24-17-5-7-18(8-6-17)26-22(27)15-23(28)12-9-16(10-13-23)19-11-14-25-21-4-2-1-3-20(19)21/h1-8,11,14,16,28H,9-10,12-13,15H2,(H,26,27)/t16-,23+. The number of carbonyl (C=O) groups excluding carboxylic acids is 1. The normalized spacial score (nSPS) is 22.1. The zero-order valence-corrected chi connectivity index (χ0v) is 15.6. The molecule has 1 saturated carbocycles. The first-order valence-corrected chi connectivity index (χ1v) is 9.64. The molecule has 0 radical (unpaired) electrons. The van der Waals surface area contributed by atoms with E-state index in [1.807, 2.05) is 24.4 Å². The van der Waals surface area contributed by atoms with E-state index in [1.165, 1.54) is 29.8 Å². The molecule has 1 aliphatic carbocycles. The fourth-order valence-corrected chi connectivity index (χ4v) is 4.15. The summed E-state index contributed by atoms with van der Waals surface area (Å²) in [6.07, 6.45) is 4.70. The van der Waals surface area contributed by atoms with Gasteiger partial charge in [-0.15, -0.1) is 0 Å². The quantitative estimate of drug-likeness (QED) is 0.686. The summed E-state index contributed by atoms with van der Waals surface area (Å²) >= 11 is 0. The Bertz CT molecular complexity index is 974. The summed E-state index contributed by atoms with van der Waals surface area (Å²) in [5.41, 5.74) is 1.79. The first-order valence-electron chi connectivity index (χ1n) is 9.64. The Hall–Kier alpha value is -2.79. The summed E-state index contributed by atoms with van der Waals surface area (Å²) < 4.78 is 13.0. The molecule has 1 fully saturated rings. The van der Waals surface area contributed by atoms with E-state index in [-0.39, 0.29) is 18.1 Å². The first kappa shape index (κ1) is 18.6. The molecule has 0 unspecified atom stereocenters. The number of aromatic nitrogens is 1. The lowest BCUT2D eigenvalue weighted by Gasteiger charge is -2.36. The Labute approximate surface area is 163 Å². The Kier molecular flexibility index (Phi) is 5.09. The second kappa shape index (κ2) is 7.68. The van der Waals surface area contributed by atoms with Crippen LogP contribution in [-0.2, 0) is 4.79 Å². The maximum Gasteiger partial charge on any atom is 0.227 e. The summed E-state index contributed by atoms with van der Waals surface area (Å²) in [5.74, 6) is -0.242. The number of nitrogens with one attached hydrogen (secondary N) is 1. The number of halogens is 1. The number of aliphatic hydroxyl groups is 1. The number of rotatable bonds is 4. The Morgan fingerprint density at radius 2 is 1.82 bits per heavy atom. The van der Waals surface area contributed by atoms with Crippen LogP contribution in [0.5, 0.6) is 0 Å². The van der Waals surface area contributed by atoms with E-state index in [4.69, 9.17) is 0 Å². The molecule has 0 atom stereocenters. The molecule has 5 heteroatoms. The van der Waals surface area contributed by atoms with Crippen molar-refractivity contribution in [2.24, 2.45) is 0 Å². The molecule has 2 N–H and O–H groups in total. The number of pyridine rings is 1. The van der Waals surface area contributed by atoms with Gasteiger partial charge in [0.2, 0.25) is 5.91 Å². The van der Waals surface area contributed by atoms with Gasteiger partial charge in [-0.05, 0) is 73.6 Å². The molecule has 2 aromatic carbocycles. The number of carbonyl (C=O) groups is 1. The summed E-state index contributed by atoms with van der Waals surface area (Å²) in [6, 6.07) is 15.8. The highest BCUT2D eigenvalue weighted by atomic mass is 19.1. The van der Waals surface area contributed by atoms with Gasteiger partial charge in [0.1, 0.15) is 5.82 Å². The van der Waals surface area contributed by atoms with E-state index in [0.717, 1.165) is 23.7 Å². The minimum atomic E-state index is -0.997. The van der Waals surface area contributed by atoms with Crippen molar-refractivity contribution in [3.63, 3.8) is 0 Å². The number of anilines is 1. The third-order valence-corrected chi connectivity index (χ3v) is 5.66. The highest BCUT2D eigenvalue weighted by Crippen LogP contribution is 2.41. The highest BCUT2D eigenvalue weighted by Gasteiger charge is 2.36. The van der Waals surface area contributed by atoms with Gasteiger partial charge in [-0.1, -0.05) is 18.2 Å². The van der Waals surface area contributed by atoms with Gasteiger partial charge in [0.25, 0.3) is 0 Å². The van der Waals surface area contributed by atoms with Crippen LogP contribution in [0.3, 0.4) is 0 Å². The van der Waals surface area contributed by atoms with Crippen LogP contribution in [0, 0.1) is 5.82 Å². The minimum Gasteiger partial charge on any atom is -0.389 e. The average Bonchev–Trinajstić information content (AvgIpc) is 2.70. The fraction of sp³-hybridized carbons (Fsp3) is 0.304. The second-order valence-corrected chi connectivity index (χ2v) is 7.65. The lowest BCUT2D eigenvalue weighted by atomic mass is 9.74. The van der Waals surface area contributed by atoms with Gasteiger partial charge in [-0.25, -0.2) is 4.39 Å². The highest BCUT2D eigenvalue weighted by molar-refractivity contribution is 5.91. The third-order valence-electron chi connectivity index (χ3n) is 5.66. The van der Waals surface area contributed by atoms with Crippen molar-refractivity contribution in [1.29, 1.82) is 0 Å². The van der Waals surface area contributed by atoms with Crippen LogP contribution in [0.2, 0.25) is 0 Å². The van der Waals surface area contributed by atoms with E-state index in [2.05, 4.69) is 22.4 Å². The van der Waals surface area contributed by atoms with Crippen molar-refractivity contribution in [2.45, 2.75) is 43.6 Å². The average molecular weight is 378 g/mol. The van der Waals surface area contributed by atoms with Crippen LogP contribution in [0.15, 0.2) is 60.8 Å². The predicted octanol–water partition coefficient (Wildman–Crippen LogP) is 4.79. The number of para-hydroxylation sites is 1. The fourth-order valence-electron chi connectivity index (χ4n) is 4.15. The van der Waals surface area contributed by atoms with Crippen LogP contribution >= 0.6 is 0 Å². The molecule has 144 valence electrons. The summed E-state index contributed by atoms with van der Waals surface area (Å²) in [7, 11) is 0. The molecule has 1 amide bonds. The lowest BCUT2D eigenvalue weighted by molar-refractivity contribution is -0.122. The van der Waals surface area contributed by atoms with Crippen LogP contribution in [0.4, 0.5) is 10.1 Å². The van der Waals surface area contributed by atoms with Gasteiger partial charge in [0, 0.05) is 17.3 Å². The molecule has 0 saturated heterocycles. The van der Waals surface area contributed by atoms with Crippen molar-refractivity contribution in [2.75, 3.05) is 5.32 Å². The van der Waals surface area contributed by atoms with Gasteiger partial charge in [-0.3, -0.25) is 9.78 Å². The maximum atomic E-state index is 13.0. The second-order valence-electron chi connectivity index (χ2n) is 7.65. The van der Waals surface area contributed by atoms with Crippen LogP contribution in [-0.4, -0.2) is 21.6 Å². The molecule has 0 bridgehead atoms. The number of benzene rings is 2. The molecule has 1 heterocycles. The number of nitrogens with zero attached hydrogens (tertiary/aromatic N) is 1. The SMILES string of the molecule is O=C(C[C@]1(O)CC[C@@H](c2ccnc3ccccc32)CC1)Nc1ccc(F)cc1. The van der Waals surface area contributed by atoms with Gasteiger partial charge >= 0.3 is 0 Å². The predicted molar refractivity (Wildman–Crippen MR) is 108 cm³/mol. The molecule has 3 aromatic rings. The van der Waals surface area contributed by atoms with Crippen molar-refractivity contribution >= 4 is 22.5 Å². The van der Waals surface area contributed by atoms with Crippen LogP contribution in [0.25, 0.3) is 10.9 Å². The molecular formula is C23H23FN2O2. The van der Waals surface area contributed by atoms with E-state index in [9.17, 15) is 14.3 Å². The van der Waals surface area contributed by atoms with Gasteiger partial charge < -0.3 is 10.4 Å². The summed E-state index contributed by atoms with van der Waals surface area (Å²) in [5, 5.41) is 14.8. The van der Waals surface area contributed by atoms with E-state index < -0.39 is 5.60 Å². The van der Waals surface area contributed by atoms with Gasteiger partial charge in [0.05, 0.1) is 17.5 Å². The Morgan fingerprint density at radius 1 is 1.11 bits per heavy atom. The monoisotopic (exact) mass is 378 g/mol. The van der Waals surface area contributed by atoms with Crippen molar-refractivity contribution in [3.8, 4) is 0 Å². The number of fused-ring (bicyclic) bond motifs is 1. The molecule has 1 aliphatic rings. The largest absolute Gasteiger partial charge is 0.389 e. The zero-order chi connectivity index (χ0) is 19.6. The van der Waals surface area contributed by atoms with E-state index >= 15 is 0 Å². The maximum absolute atomic E-state index is 13.0. The first-order chi connectivity index (χ1) is 13.5. The number of hydrogen-bond donors (Lipinski definition) is 2. The Morgan fingerprint density at radius 3 is 2.57 bits per heavy atom. The van der Waals surface area contributed by atoms with Crippen LogP contribution < -0.4 is 5.32 Å². The van der Waals surface area contributed by atoms with Crippen molar-refractivity contribution < 1.29 is 14.3 Å². The lowest BCUT2D eigenvalue weighted by Crippen LogP contribution is -2.37. The van der Waals surface area contributed by atoms with Gasteiger partial charge in [0.15, 0.2) is 0 Å². The smallest absolute Gasteiger partial charge is 0.227 e. The zero-order valence-electron chi connectivity index (χ0n) is 15.6. The number of amides is 1. The number of hydrogen-bond acceptors (Lipinski definition) is 3. The summed E-state index contributed by atoms with van der Waals surface area (Å²) in [4.78, 5) is 16.7. The van der Waals surface area contributed by atoms with Crippen molar-refractivity contribution in [1.82, 2.24) is 4.98 Å². The molecule has 28 heavy (non-hydrogen) atoms. The van der Waals surface area contributed by atoms with Crippen LogP contribution in [0.1, 0.15) is 43.6 Å². The molecule has 1 aromatic heterocycles. The van der Waals surface area contributed by atoms with Gasteiger partial charge in [-0.2, -0.15) is 0 Å². The molecular weight excluding hydrogens is 355 g/mol. The van der Waals surface area contributed by atoms with E-state index in [1.54, 1.807) is 0 Å².